The molecule has 0 heterocycles. The van der Waals surface area contributed by atoms with E-state index in [0.717, 1.165) is 12.8 Å². The lowest BCUT2D eigenvalue weighted by Gasteiger charge is -2.10. The Hall–Kier alpha value is -0.580. The fourth-order valence-electron chi connectivity index (χ4n) is 1.65. The predicted octanol–water partition coefficient (Wildman–Crippen LogP) is 1.85. The number of hydrogen-bond acceptors (Lipinski definition) is 3. The van der Waals surface area contributed by atoms with Gasteiger partial charge in [0, 0.05) is 11.1 Å². The molecule has 1 aliphatic rings. The molecule has 2 N–H and O–H groups in total. The van der Waals surface area contributed by atoms with Crippen LogP contribution in [0.5, 0.6) is 0 Å². The molecule has 2 rings (SSSR count). The van der Waals surface area contributed by atoms with Gasteiger partial charge in [0.1, 0.15) is 0 Å². The lowest BCUT2D eigenvalue weighted by atomic mass is 10.2. The standard InChI is InChI=1S/C11H14ClNO2S/c12-9-3-5-10(6-4-9)16(14,15)7-11(13)8-1-2-8/h3-6,8,11H,1-2,7,13H2. The fraction of sp³-hybridized carbons (Fsp3) is 0.455. The first-order valence-corrected chi connectivity index (χ1v) is 7.26. The summed E-state index contributed by atoms with van der Waals surface area (Å²) in [4.78, 5) is 0.299. The maximum Gasteiger partial charge on any atom is 0.179 e. The van der Waals surface area contributed by atoms with Crippen LogP contribution in [0.25, 0.3) is 0 Å². The maximum absolute atomic E-state index is 12.0. The molecule has 0 saturated heterocycles. The highest BCUT2D eigenvalue weighted by Crippen LogP contribution is 2.32. The zero-order chi connectivity index (χ0) is 11.8. The molecule has 1 aromatic carbocycles. The highest BCUT2D eigenvalue weighted by molar-refractivity contribution is 7.91. The van der Waals surface area contributed by atoms with Crippen molar-refractivity contribution >= 4 is 21.4 Å². The van der Waals surface area contributed by atoms with Crippen LogP contribution in [0, 0.1) is 5.92 Å². The van der Waals surface area contributed by atoms with Crippen molar-refractivity contribution in [3.8, 4) is 0 Å². The molecule has 3 nitrogen and oxygen atoms in total. The topological polar surface area (TPSA) is 60.2 Å². The average Bonchev–Trinajstić information content (AvgIpc) is 3.00. The van der Waals surface area contributed by atoms with E-state index in [4.69, 9.17) is 17.3 Å². The van der Waals surface area contributed by atoms with Gasteiger partial charge in [-0.25, -0.2) is 8.42 Å². The quantitative estimate of drug-likeness (QED) is 0.898. The zero-order valence-corrected chi connectivity index (χ0v) is 10.3. The minimum Gasteiger partial charge on any atom is -0.327 e. The Morgan fingerprint density at radius 2 is 1.88 bits per heavy atom. The second kappa shape index (κ2) is 4.35. The van der Waals surface area contributed by atoms with Crippen molar-refractivity contribution in [1.82, 2.24) is 0 Å². The molecule has 1 saturated carbocycles. The van der Waals surface area contributed by atoms with E-state index in [1.54, 1.807) is 12.1 Å². The van der Waals surface area contributed by atoms with Gasteiger partial charge in [0.2, 0.25) is 0 Å². The van der Waals surface area contributed by atoms with Crippen molar-refractivity contribution in [2.45, 2.75) is 23.8 Å². The Balaban J connectivity index is 2.14. The first kappa shape index (κ1) is 11.9. The fourth-order valence-corrected chi connectivity index (χ4v) is 3.30. The number of sulfone groups is 1. The number of halogens is 1. The van der Waals surface area contributed by atoms with Crippen molar-refractivity contribution in [3.63, 3.8) is 0 Å². The van der Waals surface area contributed by atoms with Crippen LogP contribution in [-0.4, -0.2) is 20.2 Å². The Labute approximate surface area is 101 Å². The Morgan fingerprint density at radius 1 is 1.31 bits per heavy atom. The molecule has 0 amide bonds. The first-order chi connectivity index (χ1) is 7.49. The van der Waals surface area contributed by atoms with Crippen molar-refractivity contribution in [2.24, 2.45) is 11.7 Å². The van der Waals surface area contributed by atoms with Gasteiger partial charge < -0.3 is 5.73 Å². The van der Waals surface area contributed by atoms with E-state index < -0.39 is 9.84 Å². The second-order valence-electron chi connectivity index (χ2n) is 4.24. The molecule has 1 unspecified atom stereocenters. The third kappa shape index (κ3) is 2.75. The lowest BCUT2D eigenvalue weighted by Crippen LogP contribution is -2.31. The molecule has 5 heteroatoms. The maximum atomic E-state index is 12.0. The van der Waals surface area contributed by atoms with E-state index in [9.17, 15) is 8.42 Å². The normalized spacial score (nSPS) is 18.4. The molecular weight excluding hydrogens is 246 g/mol. The van der Waals surface area contributed by atoms with Gasteiger partial charge >= 0.3 is 0 Å². The summed E-state index contributed by atoms with van der Waals surface area (Å²) < 4.78 is 23.9. The summed E-state index contributed by atoms with van der Waals surface area (Å²) in [6, 6.07) is 5.98. The van der Waals surface area contributed by atoms with Crippen LogP contribution in [0.4, 0.5) is 0 Å². The van der Waals surface area contributed by atoms with Crippen molar-refractivity contribution < 1.29 is 8.42 Å². The van der Waals surface area contributed by atoms with Gasteiger partial charge in [-0.3, -0.25) is 0 Å². The molecule has 0 aromatic heterocycles. The smallest absolute Gasteiger partial charge is 0.179 e. The third-order valence-electron chi connectivity index (χ3n) is 2.81. The molecule has 0 aliphatic heterocycles. The molecular formula is C11H14ClNO2S. The first-order valence-electron chi connectivity index (χ1n) is 5.23. The lowest BCUT2D eigenvalue weighted by molar-refractivity contribution is 0.574. The minimum absolute atomic E-state index is 0.0271. The van der Waals surface area contributed by atoms with E-state index in [-0.39, 0.29) is 11.8 Å². The van der Waals surface area contributed by atoms with Gasteiger partial charge in [-0.1, -0.05) is 11.6 Å². The second-order valence-corrected chi connectivity index (χ2v) is 6.71. The van der Waals surface area contributed by atoms with E-state index in [2.05, 4.69) is 0 Å². The summed E-state index contributed by atoms with van der Waals surface area (Å²) in [5, 5.41) is 0.533. The molecule has 0 spiro atoms. The van der Waals surface area contributed by atoms with E-state index in [1.807, 2.05) is 0 Å². The van der Waals surface area contributed by atoms with Crippen molar-refractivity contribution in [1.29, 1.82) is 0 Å². The van der Waals surface area contributed by atoms with Gasteiger partial charge in [-0.2, -0.15) is 0 Å². The highest BCUT2D eigenvalue weighted by Gasteiger charge is 2.32. The van der Waals surface area contributed by atoms with Gasteiger partial charge in [0.05, 0.1) is 10.6 Å². The third-order valence-corrected chi connectivity index (χ3v) is 4.88. The van der Waals surface area contributed by atoms with Crippen LogP contribution in [-0.2, 0) is 9.84 Å². The predicted molar refractivity (Wildman–Crippen MR) is 64.2 cm³/mol. The van der Waals surface area contributed by atoms with Crippen LogP contribution >= 0.6 is 11.6 Å². The summed E-state index contributed by atoms with van der Waals surface area (Å²) in [6.07, 6.45) is 2.11. The summed E-state index contributed by atoms with van der Waals surface area (Å²) >= 11 is 5.71. The van der Waals surface area contributed by atoms with Crippen LogP contribution in [0.3, 0.4) is 0 Å². The largest absolute Gasteiger partial charge is 0.327 e. The van der Waals surface area contributed by atoms with E-state index in [1.165, 1.54) is 12.1 Å². The number of nitrogens with two attached hydrogens (primary N) is 1. The molecule has 88 valence electrons. The van der Waals surface area contributed by atoms with Crippen molar-refractivity contribution in [3.05, 3.63) is 29.3 Å². The van der Waals surface area contributed by atoms with Crippen LogP contribution in [0.2, 0.25) is 5.02 Å². The minimum atomic E-state index is -3.26. The summed E-state index contributed by atoms with van der Waals surface area (Å²) in [5.74, 6) is 0.418. The van der Waals surface area contributed by atoms with Gasteiger partial charge in [-0.05, 0) is 43.0 Å². The van der Waals surface area contributed by atoms with Crippen LogP contribution in [0.15, 0.2) is 29.2 Å². The van der Waals surface area contributed by atoms with E-state index >= 15 is 0 Å². The molecule has 1 aromatic rings. The monoisotopic (exact) mass is 259 g/mol. The Kier molecular flexibility index (Phi) is 3.24. The van der Waals surface area contributed by atoms with Gasteiger partial charge in [0.15, 0.2) is 9.84 Å². The zero-order valence-electron chi connectivity index (χ0n) is 8.77. The Bertz CT molecular complexity index is 465. The average molecular weight is 260 g/mol. The molecule has 16 heavy (non-hydrogen) atoms. The number of benzene rings is 1. The van der Waals surface area contributed by atoms with Crippen molar-refractivity contribution in [2.75, 3.05) is 5.75 Å². The van der Waals surface area contributed by atoms with Gasteiger partial charge in [-0.15, -0.1) is 0 Å². The summed E-state index contributed by atoms with van der Waals surface area (Å²) in [7, 11) is -3.26. The van der Waals surface area contributed by atoms with Crippen LogP contribution in [0.1, 0.15) is 12.8 Å². The number of hydrogen-bond donors (Lipinski definition) is 1. The SMILES string of the molecule is NC(CS(=O)(=O)c1ccc(Cl)cc1)C1CC1. The highest BCUT2D eigenvalue weighted by atomic mass is 35.5. The molecule has 1 atom stereocenters. The summed E-state index contributed by atoms with van der Waals surface area (Å²) in [6.45, 7) is 0. The Morgan fingerprint density at radius 3 is 2.38 bits per heavy atom. The van der Waals surface area contributed by atoms with Gasteiger partial charge in [0.25, 0.3) is 0 Å². The molecule has 0 bridgehead atoms. The molecule has 0 radical (unpaired) electrons. The van der Waals surface area contributed by atoms with E-state index in [0.29, 0.717) is 15.8 Å². The van der Waals surface area contributed by atoms with Crippen LogP contribution < -0.4 is 5.73 Å². The number of rotatable bonds is 4. The summed E-state index contributed by atoms with van der Waals surface area (Å²) in [5.41, 5.74) is 5.83. The molecule has 1 aliphatic carbocycles. The molecule has 1 fully saturated rings.